The second kappa shape index (κ2) is 28.3. The predicted octanol–water partition coefficient (Wildman–Crippen LogP) is 30.7. The van der Waals surface area contributed by atoms with Crippen LogP contribution in [-0.4, -0.2) is 37.4 Å². The number of nitrogens with zero attached hydrogens (tertiary/aromatic N) is 8. The van der Waals surface area contributed by atoms with E-state index < -0.39 is 0 Å². The summed E-state index contributed by atoms with van der Waals surface area (Å²) in [7, 11) is 0. The minimum absolute atomic E-state index is 0.597. The molecule has 0 N–H and O–H groups in total. The van der Waals surface area contributed by atoms with Crippen LogP contribution in [0.1, 0.15) is 0 Å². The molecule has 0 aliphatic rings. The minimum atomic E-state index is 0.597. The summed E-state index contributed by atoms with van der Waals surface area (Å²) in [5.74, 6) is 1.34. The van der Waals surface area contributed by atoms with Crippen LogP contribution in [0.4, 0.5) is 0 Å². The summed E-state index contributed by atoms with van der Waals surface area (Å²) >= 11 is 0. The number of hydrogen-bond acceptors (Lipinski definition) is 2. The van der Waals surface area contributed by atoms with Crippen LogP contribution in [0.25, 0.3) is 243 Å². The van der Waals surface area contributed by atoms with E-state index >= 15 is 0 Å². The van der Waals surface area contributed by atoms with Gasteiger partial charge in [0.2, 0.25) is 0 Å². The quantitative estimate of drug-likeness (QED) is 0.116. The summed E-state index contributed by atoms with van der Waals surface area (Å²) < 4.78 is 14.4. The lowest BCUT2D eigenvalue weighted by atomic mass is 9.97. The molecule has 126 heavy (non-hydrogen) atoms. The van der Waals surface area contributed by atoms with E-state index in [2.05, 4.69) is 476 Å². The lowest BCUT2D eigenvalue weighted by Crippen LogP contribution is -2.03. The molecule has 19 aromatic carbocycles. The fourth-order valence-electron chi connectivity index (χ4n) is 20.5. The highest BCUT2D eigenvalue weighted by Gasteiger charge is 2.25. The molecule has 0 saturated carbocycles. The molecule has 586 valence electrons. The lowest BCUT2D eigenvalue weighted by molar-refractivity contribution is 1.05. The van der Waals surface area contributed by atoms with Crippen molar-refractivity contribution in [3.8, 4) is 113 Å². The van der Waals surface area contributed by atoms with E-state index in [4.69, 9.17) is 9.97 Å². The van der Waals surface area contributed by atoms with Crippen molar-refractivity contribution in [2.75, 3.05) is 0 Å². The molecule has 26 aromatic rings. The van der Waals surface area contributed by atoms with Gasteiger partial charge in [-0.1, -0.05) is 261 Å². The predicted molar refractivity (Wildman–Crippen MR) is 526 cm³/mol. The van der Waals surface area contributed by atoms with Gasteiger partial charge in [-0.3, -0.25) is 4.57 Å². The molecule has 0 fully saturated rings. The van der Waals surface area contributed by atoms with Gasteiger partial charge in [0.1, 0.15) is 5.82 Å². The van der Waals surface area contributed by atoms with Crippen LogP contribution >= 0.6 is 0 Å². The van der Waals surface area contributed by atoms with Gasteiger partial charge in [-0.2, -0.15) is 0 Å². The van der Waals surface area contributed by atoms with Crippen LogP contribution < -0.4 is 0 Å². The van der Waals surface area contributed by atoms with Gasteiger partial charge in [-0.25, -0.2) is 9.97 Å². The summed E-state index contributed by atoms with van der Waals surface area (Å²) in [6.45, 7) is 0. The Balaban J connectivity index is 0.671. The Kier molecular flexibility index (Phi) is 15.9. The number of para-hydroxylation sites is 8. The van der Waals surface area contributed by atoms with Crippen LogP contribution in [0.15, 0.2) is 449 Å². The van der Waals surface area contributed by atoms with Gasteiger partial charge in [0.25, 0.3) is 0 Å². The van der Waals surface area contributed by atoms with Crippen molar-refractivity contribution in [2.24, 2.45) is 0 Å². The topological polar surface area (TPSA) is 55.4 Å². The van der Waals surface area contributed by atoms with Gasteiger partial charge in [-0.05, 0) is 238 Å². The first-order chi connectivity index (χ1) is 62.5. The average molecular weight is 1600 g/mol. The van der Waals surface area contributed by atoms with Crippen LogP contribution in [0.2, 0.25) is 0 Å². The zero-order valence-corrected chi connectivity index (χ0v) is 68.3. The molecule has 0 unspecified atom stereocenters. The van der Waals surface area contributed by atoms with Gasteiger partial charge in [0, 0.05) is 110 Å². The molecule has 0 spiro atoms. The minimum Gasteiger partial charge on any atom is -0.309 e. The average Bonchev–Trinajstić information content (AvgIpc) is 1.58. The van der Waals surface area contributed by atoms with E-state index in [0.29, 0.717) is 5.82 Å². The molecule has 0 aliphatic heterocycles. The van der Waals surface area contributed by atoms with Gasteiger partial charge >= 0.3 is 0 Å². The third kappa shape index (κ3) is 11.2. The van der Waals surface area contributed by atoms with E-state index in [1.807, 2.05) is 0 Å². The Morgan fingerprint density at radius 2 is 0.373 bits per heavy atom. The molecule has 0 amide bonds. The summed E-state index contributed by atoms with van der Waals surface area (Å²) in [5, 5.41) is 14.2. The number of rotatable bonds is 13. The standard InChI is InChI=1S/C118H74N8/c1-6-27-75(28-7-1)90-39-16-17-40-91(90)104-74-117(126-115-63-55-82(78-51-59-111-98(68-78)94-43-20-24-47-107(94)123(111)87-34-12-4-13-35-87)72-102(115)103-73-83(56-64-116(103)126)79-52-60-112-99(69-79)95-44-21-25-48-108(95)124(112)88-36-14-5-15-37-88)120-118(119-104)84-29-26-38-89(65-84)125-113-61-53-80(76-49-57-109-96(66-76)92-41-18-22-45-105(92)121(109)85-30-8-2-9-31-85)70-100(113)101-71-81(54-62-114(101)125)77-50-58-110-97(67-77)93-42-19-23-46-106(93)122(110)86-32-10-3-11-33-86/h1-74H. The molecule has 0 aliphatic carbocycles. The highest BCUT2D eigenvalue weighted by molar-refractivity contribution is 6.18. The molecular formula is C118H74N8. The second-order valence-electron chi connectivity index (χ2n) is 33.2. The Bertz CT molecular complexity index is 8520. The van der Waals surface area contributed by atoms with Crippen LogP contribution in [0, 0.1) is 0 Å². The molecule has 8 nitrogen and oxygen atoms in total. The summed E-state index contributed by atoms with van der Waals surface area (Å²) in [6, 6.07) is 165. The highest BCUT2D eigenvalue weighted by atomic mass is 15.1. The van der Waals surface area contributed by atoms with Crippen molar-refractivity contribution in [3.63, 3.8) is 0 Å². The van der Waals surface area contributed by atoms with Crippen LogP contribution in [0.3, 0.4) is 0 Å². The van der Waals surface area contributed by atoms with Crippen molar-refractivity contribution in [1.29, 1.82) is 0 Å². The number of fused-ring (bicyclic) bond motifs is 18. The third-order valence-corrected chi connectivity index (χ3v) is 26.2. The van der Waals surface area contributed by atoms with E-state index in [1.165, 1.54) is 76.2 Å². The lowest BCUT2D eigenvalue weighted by Gasteiger charge is -2.15. The first-order valence-corrected chi connectivity index (χ1v) is 43.2. The van der Waals surface area contributed by atoms with Crippen LogP contribution in [-0.2, 0) is 0 Å². The van der Waals surface area contributed by atoms with Gasteiger partial charge < -0.3 is 22.8 Å². The highest BCUT2D eigenvalue weighted by Crippen LogP contribution is 2.47. The fraction of sp³-hybridized carbons (Fsp3) is 0. The smallest absolute Gasteiger partial charge is 0.162 e. The first kappa shape index (κ1) is 70.9. The molecule has 0 bridgehead atoms. The second-order valence-corrected chi connectivity index (χ2v) is 33.2. The molecule has 0 atom stereocenters. The maximum absolute atomic E-state index is 5.91. The molecule has 26 rings (SSSR count). The van der Waals surface area contributed by atoms with Crippen molar-refractivity contribution >= 4 is 131 Å². The van der Waals surface area contributed by atoms with Gasteiger partial charge in [0.15, 0.2) is 5.82 Å². The Hall–Kier alpha value is -16.9. The summed E-state index contributed by atoms with van der Waals surface area (Å²) in [6.07, 6.45) is 0. The Morgan fingerprint density at radius 3 is 0.698 bits per heavy atom. The molecule has 0 radical (unpaired) electrons. The molecule has 7 heterocycles. The Labute approximate surface area is 724 Å². The van der Waals surface area contributed by atoms with E-state index in [1.54, 1.807) is 0 Å². The van der Waals surface area contributed by atoms with Crippen molar-refractivity contribution in [2.45, 2.75) is 0 Å². The van der Waals surface area contributed by atoms with E-state index in [0.717, 1.165) is 161 Å². The van der Waals surface area contributed by atoms with Gasteiger partial charge in [-0.15, -0.1) is 0 Å². The molecule has 8 heteroatoms. The van der Waals surface area contributed by atoms with Crippen molar-refractivity contribution in [1.82, 2.24) is 37.4 Å². The summed E-state index contributed by atoms with van der Waals surface area (Å²) in [5.41, 5.74) is 33.0. The number of hydrogen-bond donors (Lipinski definition) is 0. The zero-order chi connectivity index (χ0) is 82.6. The maximum Gasteiger partial charge on any atom is 0.162 e. The zero-order valence-electron chi connectivity index (χ0n) is 68.3. The van der Waals surface area contributed by atoms with Crippen molar-refractivity contribution in [3.05, 3.63) is 449 Å². The van der Waals surface area contributed by atoms with Crippen LogP contribution in [0.5, 0.6) is 0 Å². The van der Waals surface area contributed by atoms with Gasteiger partial charge in [0.05, 0.1) is 71.9 Å². The van der Waals surface area contributed by atoms with Crippen molar-refractivity contribution < 1.29 is 0 Å². The fourth-order valence-corrected chi connectivity index (χ4v) is 20.5. The first-order valence-electron chi connectivity index (χ1n) is 43.2. The third-order valence-electron chi connectivity index (χ3n) is 26.2. The maximum atomic E-state index is 5.91. The van der Waals surface area contributed by atoms with E-state index in [-0.39, 0.29) is 0 Å². The molecule has 7 aromatic heterocycles. The molecular weight excluding hydrogens is 1530 g/mol. The van der Waals surface area contributed by atoms with E-state index in [9.17, 15) is 0 Å². The normalized spacial score (nSPS) is 12.0. The molecule has 0 saturated heterocycles. The Morgan fingerprint density at radius 1 is 0.135 bits per heavy atom. The largest absolute Gasteiger partial charge is 0.309 e. The summed E-state index contributed by atoms with van der Waals surface area (Å²) in [4.78, 5) is 11.7. The SMILES string of the molecule is c1ccc(-c2ccccc2-c2cc(-n3c4ccc(-c5ccc6c(c5)c5ccccc5n6-c5ccccc5)cc4c4cc(-c5ccc6c(c5)c5ccccc5n6-c5ccccc5)ccc43)nc(-c3cccc(-n4c5ccc(-c6ccc7c(c6)c6ccccc6n7-c6ccccc6)cc5c5cc(-c6ccc7c(c6)c6ccccc6n7-c6ccccc6)ccc54)c3)n2)cc1. The monoisotopic (exact) mass is 1600 g/mol. The number of benzene rings is 19. The number of aromatic nitrogens is 8.